The van der Waals surface area contributed by atoms with Crippen LogP contribution in [0.5, 0.6) is 0 Å². The van der Waals surface area contributed by atoms with Gasteiger partial charge in [-0.1, -0.05) is 66.3 Å². The Kier molecular flexibility index (Phi) is 6.18. The molecule has 0 saturated carbocycles. The van der Waals surface area contributed by atoms with Gasteiger partial charge in [0.1, 0.15) is 0 Å². The van der Waals surface area contributed by atoms with Gasteiger partial charge in [-0.3, -0.25) is 10.1 Å². The van der Waals surface area contributed by atoms with Gasteiger partial charge < -0.3 is 0 Å². The Bertz CT molecular complexity index is 1070. The zero-order valence-electron chi connectivity index (χ0n) is 15.4. The van der Waals surface area contributed by atoms with Crippen molar-refractivity contribution in [2.75, 3.05) is 5.32 Å². The molecule has 7 nitrogen and oxygen atoms in total. The van der Waals surface area contributed by atoms with Crippen molar-refractivity contribution in [3.63, 3.8) is 0 Å². The van der Waals surface area contributed by atoms with Crippen LogP contribution in [0.2, 0.25) is 0 Å². The third-order valence-electron chi connectivity index (χ3n) is 4.04. The molecule has 0 bridgehead atoms. The van der Waals surface area contributed by atoms with Crippen molar-refractivity contribution in [1.82, 2.24) is 14.9 Å². The number of amides is 1. The largest absolute Gasteiger partial charge is 0.296 e. The number of nitrogens with one attached hydrogen (secondary N) is 2. The van der Waals surface area contributed by atoms with Crippen LogP contribution in [0.1, 0.15) is 40.9 Å². The monoisotopic (exact) mass is 416 g/mol. The summed E-state index contributed by atoms with van der Waals surface area (Å²) in [7, 11) is -3.86. The maximum absolute atomic E-state index is 12.7. The van der Waals surface area contributed by atoms with E-state index < -0.39 is 10.0 Å². The van der Waals surface area contributed by atoms with Crippen LogP contribution in [0, 0.1) is 6.92 Å². The number of aromatic nitrogens is 2. The molecule has 1 amide bonds. The van der Waals surface area contributed by atoms with E-state index in [1.54, 1.807) is 18.2 Å². The molecule has 0 spiro atoms. The quantitative estimate of drug-likeness (QED) is 0.574. The van der Waals surface area contributed by atoms with E-state index in [1.165, 1.54) is 0 Å². The van der Waals surface area contributed by atoms with Crippen LogP contribution in [0.25, 0.3) is 0 Å². The summed E-state index contributed by atoms with van der Waals surface area (Å²) < 4.78 is 27.8. The average molecular weight is 417 g/mol. The smallest absolute Gasteiger partial charge is 0.270 e. The minimum absolute atomic E-state index is 0.125. The first-order chi connectivity index (χ1) is 13.4. The molecule has 0 saturated heterocycles. The number of benzene rings is 2. The molecular formula is C19H20N4O3S2. The lowest BCUT2D eigenvalue weighted by atomic mass is 10.1. The molecule has 1 atom stereocenters. The van der Waals surface area contributed by atoms with Crippen molar-refractivity contribution in [2.24, 2.45) is 0 Å². The van der Waals surface area contributed by atoms with E-state index in [0.717, 1.165) is 22.5 Å². The number of hydrogen-bond acceptors (Lipinski definition) is 6. The summed E-state index contributed by atoms with van der Waals surface area (Å²) in [5.74, 6) is -0.368. The van der Waals surface area contributed by atoms with E-state index >= 15 is 0 Å². The maximum Gasteiger partial charge on any atom is 0.270 e. The van der Waals surface area contributed by atoms with E-state index in [-0.39, 0.29) is 21.4 Å². The lowest BCUT2D eigenvalue weighted by Gasteiger charge is -2.16. The molecule has 0 aliphatic rings. The molecule has 9 heteroatoms. The SMILES string of the molecule is CC[C@H](NS(=O)(=O)c1nnc(NC(=O)c2cccc(C)c2)s1)c1ccccc1. The first-order valence-corrected chi connectivity index (χ1v) is 11.0. The number of carbonyl (C=O) groups is 1. The van der Waals surface area contributed by atoms with Gasteiger partial charge in [0.2, 0.25) is 9.47 Å². The van der Waals surface area contributed by atoms with E-state index in [2.05, 4.69) is 20.2 Å². The van der Waals surface area contributed by atoms with Gasteiger partial charge in [0.05, 0.1) is 0 Å². The van der Waals surface area contributed by atoms with Crippen molar-refractivity contribution in [1.29, 1.82) is 0 Å². The topological polar surface area (TPSA) is 101 Å². The highest BCUT2D eigenvalue weighted by Gasteiger charge is 2.25. The predicted octanol–water partition coefficient (Wildman–Crippen LogP) is 3.53. The fourth-order valence-electron chi connectivity index (χ4n) is 2.63. The molecule has 146 valence electrons. The van der Waals surface area contributed by atoms with Crippen LogP contribution in [0.3, 0.4) is 0 Å². The molecule has 3 aromatic rings. The highest BCUT2D eigenvalue weighted by molar-refractivity contribution is 7.91. The number of nitrogens with zero attached hydrogens (tertiary/aromatic N) is 2. The van der Waals surface area contributed by atoms with E-state index in [9.17, 15) is 13.2 Å². The van der Waals surface area contributed by atoms with Gasteiger partial charge in [0.15, 0.2) is 0 Å². The second kappa shape index (κ2) is 8.59. The summed E-state index contributed by atoms with van der Waals surface area (Å²) >= 11 is 0.810. The van der Waals surface area contributed by atoms with Gasteiger partial charge in [-0.05, 0) is 31.0 Å². The highest BCUT2D eigenvalue weighted by Crippen LogP contribution is 2.24. The molecule has 0 aliphatic carbocycles. The zero-order valence-corrected chi connectivity index (χ0v) is 17.0. The Hall–Kier alpha value is -2.62. The molecule has 0 aliphatic heterocycles. The maximum atomic E-state index is 12.7. The standard InChI is InChI=1S/C19H20N4O3S2/c1-3-16(14-9-5-4-6-10-14)23-28(25,26)19-22-21-18(27-19)20-17(24)15-11-7-8-13(2)12-15/h4-12,16,23H,3H2,1-2H3,(H,20,21,24)/t16-/m0/s1. The van der Waals surface area contributed by atoms with Crippen LogP contribution in [0.4, 0.5) is 5.13 Å². The van der Waals surface area contributed by atoms with E-state index in [4.69, 9.17) is 0 Å². The Balaban J connectivity index is 1.74. The Labute approximate surface area is 167 Å². The number of carbonyl (C=O) groups excluding carboxylic acids is 1. The van der Waals surface area contributed by atoms with Crippen molar-refractivity contribution in [2.45, 2.75) is 30.6 Å². The van der Waals surface area contributed by atoms with Crippen LogP contribution in [-0.4, -0.2) is 24.5 Å². The third-order valence-corrected chi connectivity index (χ3v) is 6.72. The molecule has 1 aromatic heterocycles. The molecule has 28 heavy (non-hydrogen) atoms. The number of hydrogen-bond donors (Lipinski definition) is 2. The molecule has 2 N–H and O–H groups in total. The highest BCUT2D eigenvalue weighted by atomic mass is 32.2. The lowest BCUT2D eigenvalue weighted by molar-refractivity contribution is 0.102. The van der Waals surface area contributed by atoms with Crippen molar-refractivity contribution in [3.05, 3.63) is 71.3 Å². The Morgan fingerprint density at radius 2 is 1.86 bits per heavy atom. The fraction of sp³-hybridized carbons (Fsp3) is 0.211. The van der Waals surface area contributed by atoms with Crippen molar-refractivity contribution < 1.29 is 13.2 Å². The first-order valence-electron chi connectivity index (χ1n) is 8.68. The third kappa shape index (κ3) is 4.80. The first kappa shape index (κ1) is 20.1. The molecule has 0 unspecified atom stereocenters. The molecular weight excluding hydrogens is 396 g/mol. The number of sulfonamides is 1. The minimum atomic E-state index is -3.86. The normalized spacial score (nSPS) is 12.5. The molecule has 1 heterocycles. The molecule has 3 rings (SSSR count). The number of aryl methyl sites for hydroxylation is 1. The van der Waals surface area contributed by atoms with Gasteiger partial charge in [-0.2, -0.15) is 0 Å². The lowest BCUT2D eigenvalue weighted by Crippen LogP contribution is -2.28. The summed E-state index contributed by atoms with van der Waals surface area (Å²) in [4.78, 5) is 12.3. The van der Waals surface area contributed by atoms with Gasteiger partial charge in [-0.25, -0.2) is 13.1 Å². The summed E-state index contributed by atoms with van der Waals surface area (Å²) in [5, 5.41) is 10.2. The van der Waals surface area contributed by atoms with Gasteiger partial charge in [-0.15, -0.1) is 10.2 Å². The summed E-state index contributed by atoms with van der Waals surface area (Å²) in [6.45, 7) is 3.78. The van der Waals surface area contributed by atoms with Crippen molar-refractivity contribution >= 4 is 32.4 Å². The predicted molar refractivity (Wildman–Crippen MR) is 109 cm³/mol. The number of rotatable bonds is 7. The summed E-state index contributed by atoms with van der Waals surface area (Å²) in [5.41, 5.74) is 2.28. The average Bonchev–Trinajstić information content (AvgIpc) is 3.16. The van der Waals surface area contributed by atoms with Crippen molar-refractivity contribution in [3.8, 4) is 0 Å². The molecule has 2 aromatic carbocycles. The van der Waals surface area contributed by atoms with Crippen LogP contribution < -0.4 is 10.0 Å². The van der Waals surface area contributed by atoms with Gasteiger partial charge in [0, 0.05) is 11.6 Å². The minimum Gasteiger partial charge on any atom is -0.296 e. The second-order valence-electron chi connectivity index (χ2n) is 6.19. The molecule has 0 radical (unpaired) electrons. The fourth-order valence-corrected chi connectivity index (χ4v) is 4.85. The van der Waals surface area contributed by atoms with E-state index in [0.29, 0.717) is 12.0 Å². The number of anilines is 1. The summed E-state index contributed by atoms with van der Waals surface area (Å²) in [6.07, 6.45) is 0.582. The van der Waals surface area contributed by atoms with Gasteiger partial charge in [0.25, 0.3) is 15.9 Å². The second-order valence-corrected chi connectivity index (χ2v) is 9.05. The zero-order chi connectivity index (χ0) is 20.1. The van der Waals surface area contributed by atoms with Crippen LogP contribution in [-0.2, 0) is 10.0 Å². The summed E-state index contributed by atoms with van der Waals surface area (Å²) in [6, 6.07) is 16.0. The Morgan fingerprint density at radius 3 is 2.54 bits per heavy atom. The van der Waals surface area contributed by atoms with Crippen LogP contribution >= 0.6 is 11.3 Å². The van der Waals surface area contributed by atoms with E-state index in [1.807, 2.05) is 50.2 Å². The van der Waals surface area contributed by atoms with Gasteiger partial charge >= 0.3 is 0 Å². The molecule has 0 fully saturated rings. The van der Waals surface area contributed by atoms with Crippen LogP contribution in [0.15, 0.2) is 58.9 Å². The Morgan fingerprint density at radius 1 is 1.11 bits per heavy atom.